The van der Waals surface area contributed by atoms with Crippen molar-refractivity contribution >= 4 is 44.9 Å². The van der Waals surface area contributed by atoms with E-state index in [1.807, 2.05) is 0 Å². The zero-order valence-electron chi connectivity index (χ0n) is 15.9. The van der Waals surface area contributed by atoms with Crippen LogP contribution in [0.2, 0.25) is 5.02 Å². The van der Waals surface area contributed by atoms with Crippen molar-refractivity contribution in [2.75, 3.05) is 10.6 Å². The molecule has 1 aliphatic heterocycles. The molecular formula is C20H13BrClF5N4O. The molecule has 0 fully saturated rings. The van der Waals surface area contributed by atoms with Gasteiger partial charge in [0.2, 0.25) is 0 Å². The van der Waals surface area contributed by atoms with E-state index in [1.165, 1.54) is 0 Å². The summed E-state index contributed by atoms with van der Waals surface area (Å²) in [5, 5.41) is 8.49. The van der Waals surface area contributed by atoms with Gasteiger partial charge in [0.05, 0.1) is 11.7 Å². The molecule has 0 saturated carbocycles. The molecular weight excluding hydrogens is 523 g/mol. The fourth-order valence-electron chi connectivity index (χ4n) is 3.42. The van der Waals surface area contributed by atoms with Gasteiger partial charge >= 0.3 is 6.18 Å². The lowest BCUT2D eigenvalue weighted by Crippen LogP contribution is -2.35. The van der Waals surface area contributed by atoms with Crippen LogP contribution in [0.25, 0.3) is 0 Å². The number of amides is 1. The highest BCUT2D eigenvalue weighted by atomic mass is 79.9. The minimum absolute atomic E-state index is 0.183. The molecule has 1 amide bonds. The SMILES string of the molecule is O=C(Nc1ccc(F)cc1F)c1nn2c(c1Cl)NC(c1ccc(Br)cc1)CC2C(F)(F)F. The Morgan fingerprint density at radius 2 is 1.88 bits per heavy atom. The number of carbonyl (C=O) groups excluding carboxylic acids is 1. The maximum absolute atomic E-state index is 13.9. The smallest absolute Gasteiger partial charge is 0.362 e. The first kappa shape index (κ1) is 22.5. The Hall–Kier alpha value is -2.66. The van der Waals surface area contributed by atoms with Crippen LogP contribution in [0.1, 0.15) is 34.6 Å². The summed E-state index contributed by atoms with van der Waals surface area (Å²) in [6.45, 7) is 0. The molecule has 12 heteroatoms. The van der Waals surface area contributed by atoms with E-state index in [4.69, 9.17) is 11.6 Å². The number of hydrogen-bond acceptors (Lipinski definition) is 3. The third kappa shape index (κ3) is 4.31. The van der Waals surface area contributed by atoms with E-state index in [9.17, 15) is 26.7 Å². The second-order valence-corrected chi connectivity index (χ2v) is 8.37. The summed E-state index contributed by atoms with van der Waals surface area (Å²) in [4.78, 5) is 12.6. The average molecular weight is 536 g/mol. The maximum Gasteiger partial charge on any atom is 0.410 e. The molecule has 2 aromatic carbocycles. The van der Waals surface area contributed by atoms with Gasteiger partial charge in [0.25, 0.3) is 5.91 Å². The molecule has 2 heterocycles. The van der Waals surface area contributed by atoms with E-state index in [0.717, 1.165) is 16.6 Å². The molecule has 0 saturated heterocycles. The van der Waals surface area contributed by atoms with E-state index in [-0.39, 0.29) is 22.9 Å². The van der Waals surface area contributed by atoms with Crippen molar-refractivity contribution in [3.63, 3.8) is 0 Å². The molecule has 0 spiro atoms. The summed E-state index contributed by atoms with van der Waals surface area (Å²) in [7, 11) is 0. The van der Waals surface area contributed by atoms with Crippen molar-refractivity contribution in [3.05, 3.63) is 74.9 Å². The number of alkyl halides is 3. The summed E-state index contributed by atoms with van der Waals surface area (Å²) in [5.74, 6) is -3.13. The average Bonchev–Trinajstić information content (AvgIpc) is 3.06. The van der Waals surface area contributed by atoms with E-state index in [0.29, 0.717) is 16.3 Å². The van der Waals surface area contributed by atoms with Crippen LogP contribution in [0.5, 0.6) is 0 Å². The fourth-order valence-corrected chi connectivity index (χ4v) is 3.95. The first-order valence-electron chi connectivity index (χ1n) is 9.17. The van der Waals surface area contributed by atoms with Crippen LogP contribution in [0.3, 0.4) is 0 Å². The highest BCUT2D eigenvalue weighted by Gasteiger charge is 2.47. The minimum atomic E-state index is -4.67. The van der Waals surface area contributed by atoms with Gasteiger partial charge in [-0.1, -0.05) is 39.7 Å². The van der Waals surface area contributed by atoms with Crippen LogP contribution in [-0.2, 0) is 0 Å². The van der Waals surface area contributed by atoms with Crippen LogP contribution < -0.4 is 10.6 Å². The van der Waals surface area contributed by atoms with Gasteiger partial charge in [-0.25, -0.2) is 13.5 Å². The molecule has 2 atom stereocenters. The van der Waals surface area contributed by atoms with E-state index >= 15 is 0 Å². The number of halogens is 7. The molecule has 0 aliphatic carbocycles. The highest BCUT2D eigenvalue weighted by Crippen LogP contribution is 2.46. The van der Waals surface area contributed by atoms with Crippen molar-refractivity contribution in [2.45, 2.75) is 24.7 Å². The predicted molar refractivity (Wildman–Crippen MR) is 112 cm³/mol. The Morgan fingerprint density at radius 1 is 1.19 bits per heavy atom. The largest absolute Gasteiger partial charge is 0.410 e. The predicted octanol–water partition coefficient (Wildman–Crippen LogP) is 6.49. The number of fused-ring (bicyclic) bond motifs is 1. The van der Waals surface area contributed by atoms with Crippen molar-refractivity contribution in [1.29, 1.82) is 0 Å². The number of carbonyl (C=O) groups is 1. The monoisotopic (exact) mass is 534 g/mol. The Labute approximate surface area is 191 Å². The summed E-state index contributed by atoms with van der Waals surface area (Å²) >= 11 is 9.50. The van der Waals surface area contributed by atoms with Crippen LogP contribution in [-0.4, -0.2) is 21.9 Å². The first-order valence-corrected chi connectivity index (χ1v) is 10.3. The Morgan fingerprint density at radius 3 is 2.50 bits per heavy atom. The lowest BCUT2D eigenvalue weighted by Gasteiger charge is -2.33. The third-order valence-corrected chi connectivity index (χ3v) is 5.85. The van der Waals surface area contributed by atoms with Gasteiger partial charge in [-0.3, -0.25) is 4.79 Å². The van der Waals surface area contributed by atoms with Crippen molar-refractivity contribution < 1.29 is 26.7 Å². The Balaban J connectivity index is 1.70. The van der Waals surface area contributed by atoms with Crippen molar-refractivity contribution in [1.82, 2.24) is 9.78 Å². The van der Waals surface area contributed by atoms with Crippen LogP contribution in [0, 0.1) is 11.6 Å². The third-order valence-electron chi connectivity index (χ3n) is 4.96. The normalized spacial score (nSPS) is 18.1. The van der Waals surface area contributed by atoms with Crippen molar-refractivity contribution in [2.24, 2.45) is 0 Å². The van der Waals surface area contributed by atoms with Gasteiger partial charge in [0.1, 0.15) is 22.5 Å². The second-order valence-electron chi connectivity index (χ2n) is 7.08. The maximum atomic E-state index is 13.9. The van der Waals surface area contributed by atoms with E-state index in [2.05, 4.69) is 31.7 Å². The lowest BCUT2D eigenvalue weighted by molar-refractivity contribution is -0.173. The molecule has 2 unspecified atom stereocenters. The quantitative estimate of drug-likeness (QED) is 0.377. The van der Waals surface area contributed by atoms with Gasteiger partial charge in [0.15, 0.2) is 11.7 Å². The molecule has 168 valence electrons. The van der Waals surface area contributed by atoms with Gasteiger partial charge in [-0.2, -0.15) is 18.3 Å². The molecule has 2 N–H and O–H groups in total. The zero-order chi connectivity index (χ0) is 23.2. The summed E-state index contributed by atoms with van der Waals surface area (Å²) < 4.78 is 69.8. The molecule has 3 aromatic rings. The summed E-state index contributed by atoms with van der Waals surface area (Å²) in [5.41, 5.74) is -0.305. The number of hydrogen-bond donors (Lipinski definition) is 2. The fraction of sp³-hybridized carbons (Fsp3) is 0.200. The number of aromatic nitrogens is 2. The van der Waals surface area contributed by atoms with Gasteiger partial charge < -0.3 is 10.6 Å². The first-order chi connectivity index (χ1) is 15.0. The van der Waals surface area contributed by atoms with Crippen molar-refractivity contribution in [3.8, 4) is 0 Å². The summed E-state index contributed by atoms with van der Waals surface area (Å²) in [6.07, 6.45) is -5.06. The standard InChI is InChI=1S/C20H13BrClF5N4O/c21-10-3-1-9(2-4-10)14-8-15(20(25,26)27)31-18(28-14)16(22)17(30-31)19(32)29-13-6-5-11(23)7-12(13)24/h1-7,14-15,28H,8H2,(H,29,32). The molecule has 0 bridgehead atoms. The van der Waals surface area contributed by atoms with Gasteiger partial charge in [0, 0.05) is 17.0 Å². The Kier molecular flexibility index (Phi) is 5.89. The molecule has 32 heavy (non-hydrogen) atoms. The van der Waals surface area contributed by atoms with E-state index < -0.39 is 41.5 Å². The van der Waals surface area contributed by atoms with E-state index in [1.54, 1.807) is 24.3 Å². The van der Waals surface area contributed by atoms with Crippen LogP contribution >= 0.6 is 27.5 Å². The topological polar surface area (TPSA) is 59.0 Å². The van der Waals surface area contributed by atoms with Crippen LogP contribution in [0.4, 0.5) is 33.5 Å². The second kappa shape index (κ2) is 8.36. The summed E-state index contributed by atoms with van der Waals surface area (Å²) in [6, 6.07) is 6.39. The molecule has 1 aromatic heterocycles. The number of nitrogens with zero attached hydrogens (tertiary/aromatic N) is 2. The molecule has 0 radical (unpaired) electrons. The number of nitrogens with one attached hydrogen (secondary N) is 2. The molecule has 5 nitrogen and oxygen atoms in total. The molecule has 4 rings (SSSR count). The van der Waals surface area contributed by atoms with Gasteiger partial charge in [-0.05, 0) is 29.8 Å². The lowest BCUT2D eigenvalue weighted by atomic mass is 9.97. The van der Waals surface area contributed by atoms with Crippen LogP contribution in [0.15, 0.2) is 46.9 Å². The number of rotatable bonds is 3. The highest BCUT2D eigenvalue weighted by molar-refractivity contribution is 9.10. The van der Waals surface area contributed by atoms with Gasteiger partial charge in [-0.15, -0.1) is 0 Å². The molecule has 1 aliphatic rings. The zero-order valence-corrected chi connectivity index (χ0v) is 18.2. The number of anilines is 2. The minimum Gasteiger partial charge on any atom is -0.362 e. The Bertz CT molecular complexity index is 1180. The number of benzene rings is 2.